The van der Waals surface area contributed by atoms with E-state index in [1.54, 1.807) is 16.8 Å². The van der Waals surface area contributed by atoms with Crippen molar-refractivity contribution in [1.82, 2.24) is 10.3 Å². The zero-order valence-corrected chi connectivity index (χ0v) is 9.32. The van der Waals surface area contributed by atoms with Crippen molar-refractivity contribution in [3.8, 4) is 0 Å². The second kappa shape index (κ2) is 6.81. The summed E-state index contributed by atoms with van der Waals surface area (Å²) >= 11 is 1.58. The number of nitrogens with one attached hydrogen (secondary N) is 1. The molecular weight excluding hydrogens is 222 g/mol. The van der Waals surface area contributed by atoms with Gasteiger partial charge >= 0.3 is 0 Å². The molecule has 0 unspecified atom stereocenters. The van der Waals surface area contributed by atoms with Gasteiger partial charge in [-0.3, -0.25) is 0 Å². The average Bonchev–Trinajstić information content (AvgIpc) is 2.57. The standard InChI is InChI=1S/C9H14F2N2OS/c1-7-8(15-6-13-7)4-12-2-3-14-5-9(10)11/h6,9,12H,2-5H2,1H3. The smallest absolute Gasteiger partial charge is 0.261 e. The first-order valence-electron chi connectivity index (χ1n) is 4.65. The van der Waals surface area contributed by atoms with Crippen LogP contribution in [0.25, 0.3) is 0 Å². The van der Waals surface area contributed by atoms with Gasteiger partial charge in [0.2, 0.25) is 0 Å². The Kier molecular flexibility index (Phi) is 5.67. The Balaban J connectivity index is 2.00. The molecule has 1 heterocycles. The Hall–Kier alpha value is -0.590. The lowest BCUT2D eigenvalue weighted by Crippen LogP contribution is -2.20. The second-order valence-corrected chi connectivity index (χ2v) is 3.94. The zero-order valence-electron chi connectivity index (χ0n) is 8.50. The third-order valence-corrected chi connectivity index (χ3v) is 2.73. The summed E-state index contributed by atoms with van der Waals surface area (Å²) in [7, 11) is 0. The van der Waals surface area contributed by atoms with Gasteiger partial charge < -0.3 is 10.1 Å². The van der Waals surface area contributed by atoms with Crippen LogP contribution in [0.4, 0.5) is 8.78 Å². The Labute approximate surface area is 91.5 Å². The first-order chi connectivity index (χ1) is 7.20. The van der Waals surface area contributed by atoms with Crippen LogP contribution in [0.3, 0.4) is 0 Å². The van der Waals surface area contributed by atoms with Crippen molar-refractivity contribution in [1.29, 1.82) is 0 Å². The molecule has 0 aliphatic carbocycles. The molecule has 86 valence electrons. The number of aryl methyl sites for hydroxylation is 1. The fraction of sp³-hybridized carbons (Fsp3) is 0.667. The van der Waals surface area contributed by atoms with E-state index in [0.717, 1.165) is 5.69 Å². The molecule has 0 amide bonds. The van der Waals surface area contributed by atoms with Gasteiger partial charge in [0.25, 0.3) is 6.43 Å². The molecule has 0 aromatic carbocycles. The van der Waals surface area contributed by atoms with Crippen molar-refractivity contribution in [2.75, 3.05) is 19.8 Å². The zero-order chi connectivity index (χ0) is 11.1. The number of hydrogen-bond donors (Lipinski definition) is 1. The van der Waals surface area contributed by atoms with Crippen LogP contribution in [0.2, 0.25) is 0 Å². The Bertz CT molecular complexity index is 281. The molecule has 0 aliphatic heterocycles. The predicted molar refractivity (Wildman–Crippen MR) is 55.4 cm³/mol. The molecule has 1 aromatic heterocycles. The molecule has 6 heteroatoms. The second-order valence-electron chi connectivity index (χ2n) is 3.00. The van der Waals surface area contributed by atoms with Gasteiger partial charge in [0.15, 0.2) is 0 Å². The van der Waals surface area contributed by atoms with Gasteiger partial charge in [0.05, 0.1) is 17.8 Å². The minimum Gasteiger partial charge on any atom is -0.374 e. The van der Waals surface area contributed by atoms with E-state index in [0.29, 0.717) is 19.7 Å². The monoisotopic (exact) mass is 236 g/mol. The Morgan fingerprint density at radius 2 is 2.40 bits per heavy atom. The van der Waals surface area contributed by atoms with E-state index in [4.69, 9.17) is 4.74 Å². The fourth-order valence-corrected chi connectivity index (χ4v) is 1.76. The molecule has 1 aromatic rings. The van der Waals surface area contributed by atoms with Crippen molar-refractivity contribution >= 4 is 11.3 Å². The summed E-state index contributed by atoms with van der Waals surface area (Å²) in [6.45, 7) is 3.06. The van der Waals surface area contributed by atoms with E-state index in [-0.39, 0.29) is 0 Å². The fourth-order valence-electron chi connectivity index (χ4n) is 1.01. The lowest BCUT2D eigenvalue weighted by molar-refractivity contribution is 0.0187. The first kappa shape index (κ1) is 12.5. The number of ether oxygens (including phenoxy) is 1. The topological polar surface area (TPSA) is 34.2 Å². The predicted octanol–water partition coefficient (Wildman–Crippen LogP) is 1.82. The molecule has 0 spiro atoms. The number of halogens is 2. The van der Waals surface area contributed by atoms with Crippen LogP contribution >= 0.6 is 11.3 Å². The maximum absolute atomic E-state index is 11.7. The van der Waals surface area contributed by atoms with E-state index in [1.807, 2.05) is 6.92 Å². The highest BCUT2D eigenvalue weighted by atomic mass is 32.1. The van der Waals surface area contributed by atoms with Crippen LogP contribution in [0.5, 0.6) is 0 Å². The Morgan fingerprint density at radius 3 is 3.00 bits per heavy atom. The molecule has 0 saturated carbocycles. The molecule has 1 N–H and O–H groups in total. The third kappa shape index (κ3) is 5.15. The van der Waals surface area contributed by atoms with Gasteiger partial charge in [-0.15, -0.1) is 11.3 Å². The number of aromatic nitrogens is 1. The maximum atomic E-state index is 11.7. The number of nitrogens with zero attached hydrogens (tertiary/aromatic N) is 1. The summed E-state index contributed by atoms with van der Waals surface area (Å²) < 4.78 is 28.1. The third-order valence-electron chi connectivity index (χ3n) is 1.80. The van der Waals surface area contributed by atoms with Gasteiger partial charge in [-0.05, 0) is 6.92 Å². The van der Waals surface area contributed by atoms with Gasteiger partial charge in [0, 0.05) is 18.0 Å². The minimum absolute atomic E-state index is 0.308. The molecule has 0 radical (unpaired) electrons. The quantitative estimate of drug-likeness (QED) is 0.733. The summed E-state index contributed by atoms with van der Waals surface area (Å²) in [6, 6.07) is 0. The van der Waals surface area contributed by atoms with E-state index in [9.17, 15) is 8.78 Å². The number of alkyl halides is 2. The molecule has 0 saturated heterocycles. The van der Waals surface area contributed by atoms with Crippen LogP contribution in [0.15, 0.2) is 5.51 Å². The van der Waals surface area contributed by atoms with E-state index >= 15 is 0 Å². The van der Waals surface area contributed by atoms with Crippen LogP contribution in [-0.2, 0) is 11.3 Å². The Morgan fingerprint density at radius 1 is 1.60 bits per heavy atom. The summed E-state index contributed by atoms with van der Waals surface area (Å²) in [6.07, 6.45) is -2.38. The van der Waals surface area contributed by atoms with Crippen molar-refractivity contribution in [2.45, 2.75) is 19.9 Å². The van der Waals surface area contributed by atoms with E-state index in [1.165, 1.54) is 4.88 Å². The maximum Gasteiger partial charge on any atom is 0.261 e. The molecule has 0 atom stereocenters. The van der Waals surface area contributed by atoms with Gasteiger partial charge in [-0.25, -0.2) is 13.8 Å². The van der Waals surface area contributed by atoms with E-state index < -0.39 is 13.0 Å². The molecule has 0 aliphatic rings. The summed E-state index contributed by atoms with van der Waals surface area (Å²) in [5, 5.41) is 3.10. The van der Waals surface area contributed by atoms with Crippen molar-refractivity contribution in [2.24, 2.45) is 0 Å². The molecule has 15 heavy (non-hydrogen) atoms. The highest BCUT2D eigenvalue weighted by Crippen LogP contribution is 2.10. The number of hydrogen-bond acceptors (Lipinski definition) is 4. The van der Waals surface area contributed by atoms with Crippen LogP contribution < -0.4 is 5.32 Å². The van der Waals surface area contributed by atoms with Gasteiger partial charge in [-0.1, -0.05) is 0 Å². The lowest BCUT2D eigenvalue weighted by Gasteiger charge is -2.04. The van der Waals surface area contributed by atoms with Crippen LogP contribution in [-0.4, -0.2) is 31.2 Å². The van der Waals surface area contributed by atoms with Crippen molar-refractivity contribution < 1.29 is 13.5 Å². The summed E-state index contributed by atoms with van der Waals surface area (Å²) in [5.41, 5.74) is 2.81. The largest absolute Gasteiger partial charge is 0.374 e. The summed E-state index contributed by atoms with van der Waals surface area (Å²) in [4.78, 5) is 5.27. The average molecular weight is 236 g/mol. The van der Waals surface area contributed by atoms with Gasteiger partial charge in [-0.2, -0.15) is 0 Å². The molecular formula is C9H14F2N2OS. The van der Waals surface area contributed by atoms with E-state index in [2.05, 4.69) is 10.3 Å². The van der Waals surface area contributed by atoms with Crippen molar-refractivity contribution in [3.05, 3.63) is 16.1 Å². The molecule has 3 nitrogen and oxygen atoms in total. The van der Waals surface area contributed by atoms with Crippen LogP contribution in [0.1, 0.15) is 10.6 Å². The normalized spacial score (nSPS) is 11.2. The number of thiazole rings is 1. The molecule has 0 bridgehead atoms. The highest BCUT2D eigenvalue weighted by Gasteiger charge is 2.02. The summed E-state index contributed by atoms with van der Waals surface area (Å²) in [5.74, 6) is 0. The minimum atomic E-state index is -2.38. The lowest BCUT2D eigenvalue weighted by atomic mass is 10.4. The van der Waals surface area contributed by atoms with Gasteiger partial charge in [0.1, 0.15) is 6.61 Å². The highest BCUT2D eigenvalue weighted by molar-refractivity contribution is 7.09. The van der Waals surface area contributed by atoms with Crippen molar-refractivity contribution in [3.63, 3.8) is 0 Å². The SMILES string of the molecule is Cc1ncsc1CNCCOCC(F)F. The first-order valence-corrected chi connectivity index (χ1v) is 5.53. The number of rotatable bonds is 7. The molecule has 0 fully saturated rings. The van der Waals surface area contributed by atoms with Crippen LogP contribution in [0, 0.1) is 6.92 Å². The molecule has 1 rings (SSSR count).